The molecule has 0 aliphatic rings. The standard InChI is InChI=1S/C21H20N4OS/c1-14-7-9-16(10-8-14)25-21-17(13-22)18(23)19(27-21)20(26)24-12-11-15-5-3-2-4-6-15/h2-10,25H,11-12,23H2,1H3,(H,24,26). The van der Waals surface area contributed by atoms with E-state index in [0.29, 0.717) is 22.0 Å². The maximum Gasteiger partial charge on any atom is 0.263 e. The summed E-state index contributed by atoms with van der Waals surface area (Å²) in [5.74, 6) is -0.262. The summed E-state index contributed by atoms with van der Waals surface area (Å²) in [6.07, 6.45) is 0.734. The predicted molar refractivity (Wildman–Crippen MR) is 110 cm³/mol. The number of amides is 1. The maximum absolute atomic E-state index is 12.5. The molecule has 6 heteroatoms. The number of rotatable bonds is 6. The van der Waals surface area contributed by atoms with Crippen LogP contribution in [0.15, 0.2) is 54.6 Å². The van der Waals surface area contributed by atoms with Crippen molar-refractivity contribution in [1.29, 1.82) is 5.26 Å². The van der Waals surface area contributed by atoms with E-state index in [1.807, 2.05) is 61.5 Å². The van der Waals surface area contributed by atoms with E-state index in [4.69, 9.17) is 5.73 Å². The minimum Gasteiger partial charge on any atom is -0.396 e. The Morgan fingerprint density at radius 3 is 2.52 bits per heavy atom. The highest BCUT2D eigenvalue weighted by molar-refractivity contribution is 7.19. The van der Waals surface area contributed by atoms with Gasteiger partial charge in [0.25, 0.3) is 5.91 Å². The summed E-state index contributed by atoms with van der Waals surface area (Å²) in [5.41, 5.74) is 9.72. The SMILES string of the molecule is Cc1ccc(Nc2sc(C(=O)NCCc3ccccc3)c(N)c2C#N)cc1. The first kappa shape index (κ1) is 18.5. The van der Waals surface area contributed by atoms with Crippen LogP contribution in [-0.4, -0.2) is 12.5 Å². The van der Waals surface area contributed by atoms with Crippen molar-refractivity contribution in [1.82, 2.24) is 5.32 Å². The Morgan fingerprint density at radius 1 is 1.15 bits per heavy atom. The highest BCUT2D eigenvalue weighted by Crippen LogP contribution is 2.36. The van der Waals surface area contributed by atoms with Crippen molar-refractivity contribution in [2.24, 2.45) is 0 Å². The first-order valence-electron chi connectivity index (χ1n) is 8.56. The van der Waals surface area contributed by atoms with Gasteiger partial charge in [-0.05, 0) is 31.0 Å². The number of thiophene rings is 1. The molecule has 0 bridgehead atoms. The van der Waals surface area contributed by atoms with Gasteiger partial charge in [0, 0.05) is 12.2 Å². The van der Waals surface area contributed by atoms with Crippen molar-refractivity contribution in [2.45, 2.75) is 13.3 Å². The molecule has 136 valence electrons. The Hall–Kier alpha value is -3.30. The molecule has 2 aromatic carbocycles. The lowest BCUT2D eigenvalue weighted by atomic mass is 10.1. The molecule has 27 heavy (non-hydrogen) atoms. The van der Waals surface area contributed by atoms with Crippen molar-refractivity contribution in [3.8, 4) is 6.07 Å². The second-order valence-electron chi connectivity index (χ2n) is 6.14. The van der Waals surface area contributed by atoms with Crippen LogP contribution < -0.4 is 16.4 Å². The summed E-state index contributed by atoms with van der Waals surface area (Å²) < 4.78 is 0. The fourth-order valence-electron chi connectivity index (χ4n) is 2.62. The van der Waals surface area contributed by atoms with Gasteiger partial charge in [-0.3, -0.25) is 4.79 Å². The van der Waals surface area contributed by atoms with Crippen LogP contribution >= 0.6 is 11.3 Å². The third kappa shape index (κ3) is 4.46. The topological polar surface area (TPSA) is 90.9 Å². The minimum atomic E-state index is -0.262. The Kier molecular flexibility index (Phi) is 5.74. The van der Waals surface area contributed by atoms with Crippen LogP contribution in [-0.2, 0) is 6.42 Å². The number of benzene rings is 2. The lowest BCUT2D eigenvalue weighted by Gasteiger charge is -2.05. The molecule has 0 aliphatic carbocycles. The molecule has 1 amide bonds. The minimum absolute atomic E-state index is 0.217. The molecule has 1 heterocycles. The van der Waals surface area contributed by atoms with E-state index in [1.165, 1.54) is 11.3 Å². The van der Waals surface area contributed by atoms with Gasteiger partial charge >= 0.3 is 0 Å². The molecule has 0 saturated heterocycles. The predicted octanol–water partition coefficient (Wildman–Crippen LogP) is 4.23. The van der Waals surface area contributed by atoms with Gasteiger partial charge in [-0.2, -0.15) is 5.26 Å². The monoisotopic (exact) mass is 376 g/mol. The summed E-state index contributed by atoms with van der Waals surface area (Å²) in [4.78, 5) is 12.9. The largest absolute Gasteiger partial charge is 0.396 e. The van der Waals surface area contributed by atoms with Crippen molar-refractivity contribution in [2.75, 3.05) is 17.6 Å². The summed E-state index contributed by atoms with van der Waals surface area (Å²) in [6, 6.07) is 19.8. The van der Waals surface area contributed by atoms with E-state index in [0.717, 1.165) is 23.2 Å². The maximum atomic E-state index is 12.5. The molecule has 0 saturated carbocycles. The zero-order valence-corrected chi connectivity index (χ0v) is 15.8. The number of anilines is 3. The number of nitrogen functional groups attached to an aromatic ring is 1. The number of aryl methyl sites for hydroxylation is 1. The van der Waals surface area contributed by atoms with Crippen LogP contribution in [0.1, 0.15) is 26.4 Å². The Morgan fingerprint density at radius 2 is 1.85 bits per heavy atom. The fraction of sp³-hybridized carbons (Fsp3) is 0.143. The molecular weight excluding hydrogens is 356 g/mol. The van der Waals surface area contributed by atoms with Gasteiger partial charge in [0.2, 0.25) is 0 Å². The first-order valence-corrected chi connectivity index (χ1v) is 9.38. The number of nitrogens with two attached hydrogens (primary N) is 1. The number of nitrogens with zero attached hydrogens (tertiary/aromatic N) is 1. The lowest BCUT2D eigenvalue weighted by molar-refractivity contribution is 0.0959. The number of carbonyl (C=O) groups excluding carboxylic acids is 1. The van der Waals surface area contributed by atoms with Crippen LogP contribution in [0.3, 0.4) is 0 Å². The van der Waals surface area contributed by atoms with Gasteiger partial charge in [0.1, 0.15) is 21.5 Å². The molecule has 0 unspecified atom stereocenters. The van der Waals surface area contributed by atoms with Crippen LogP contribution in [0.25, 0.3) is 0 Å². The highest BCUT2D eigenvalue weighted by Gasteiger charge is 2.21. The Labute approximate surface area is 162 Å². The summed E-state index contributed by atoms with van der Waals surface area (Å²) in [6.45, 7) is 2.51. The molecule has 1 aromatic heterocycles. The fourth-order valence-corrected chi connectivity index (χ4v) is 3.63. The Balaban J connectivity index is 1.71. The molecular formula is C21H20N4OS. The quantitative estimate of drug-likeness (QED) is 0.600. The van der Waals surface area contributed by atoms with Gasteiger partial charge in [0.05, 0.1) is 5.69 Å². The van der Waals surface area contributed by atoms with Crippen LogP contribution in [0.4, 0.5) is 16.4 Å². The van der Waals surface area contributed by atoms with Gasteiger partial charge in [-0.1, -0.05) is 48.0 Å². The molecule has 0 aliphatic heterocycles. The number of nitrogens with one attached hydrogen (secondary N) is 2. The van der Waals surface area contributed by atoms with Crippen LogP contribution in [0.2, 0.25) is 0 Å². The second kappa shape index (κ2) is 8.39. The van der Waals surface area contributed by atoms with Crippen LogP contribution in [0, 0.1) is 18.3 Å². The van der Waals surface area contributed by atoms with E-state index in [2.05, 4.69) is 16.7 Å². The molecule has 0 fully saturated rings. The number of carbonyl (C=O) groups is 1. The normalized spacial score (nSPS) is 10.2. The highest BCUT2D eigenvalue weighted by atomic mass is 32.1. The van der Waals surface area contributed by atoms with Gasteiger partial charge in [0.15, 0.2) is 0 Å². The first-order chi connectivity index (χ1) is 13.1. The zero-order valence-electron chi connectivity index (χ0n) is 15.0. The smallest absolute Gasteiger partial charge is 0.263 e. The van der Waals surface area contributed by atoms with E-state index in [9.17, 15) is 10.1 Å². The molecule has 0 spiro atoms. The summed E-state index contributed by atoms with van der Waals surface area (Å²) >= 11 is 1.19. The number of nitriles is 1. The van der Waals surface area contributed by atoms with E-state index in [1.54, 1.807) is 0 Å². The van der Waals surface area contributed by atoms with Crippen molar-refractivity contribution >= 4 is 33.6 Å². The van der Waals surface area contributed by atoms with E-state index in [-0.39, 0.29) is 11.6 Å². The third-order valence-corrected chi connectivity index (χ3v) is 5.23. The van der Waals surface area contributed by atoms with E-state index < -0.39 is 0 Å². The zero-order chi connectivity index (χ0) is 19.2. The average Bonchev–Trinajstić information content (AvgIpc) is 2.99. The molecule has 3 aromatic rings. The third-order valence-electron chi connectivity index (χ3n) is 4.11. The van der Waals surface area contributed by atoms with Gasteiger partial charge in [-0.25, -0.2) is 0 Å². The average molecular weight is 376 g/mol. The van der Waals surface area contributed by atoms with E-state index >= 15 is 0 Å². The molecule has 0 atom stereocenters. The van der Waals surface area contributed by atoms with Crippen molar-refractivity contribution in [3.05, 3.63) is 76.2 Å². The van der Waals surface area contributed by atoms with Gasteiger partial charge in [-0.15, -0.1) is 11.3 Å². The van der Waals surface area contributed by atoms with Crippen LogP contribution in [0.5, 0.6) is 0 Å². The second-order valence-corrected chi connectivity index (χ2v) is 7.16. The van der Waals surface area contributed by atoms with Gasteiger partial charge < -0.3 is 16.4 Å². The number of hydrogen-bond acceptors (Lipinski definition) is 5. The van der Waals surface area contributed by atoms with Crippen molar-refractivity contribution in [3.63, 3.8) is 0 Å². The summed E-state index contributed by atoms with van der Waals surface area (Å²) in [7, 11) is 0. The lowest BCUT2D eigenvalue weighted by Crippen LogP contribution is -2.25. The van der Waals surface area contributed by atoms with Crippen molar-refractivity contribution < 1.29 is 4.79 Å². The molecule has 3 rings (SSSR count). The Bertz CT molecular complexity index is 972. The number of hydrogen-bond donors (Lipinski definition) is 3. The summed E-state index contributed by atoms with van der Waals surface area (Å²) in [5, 5.41) is 16.1. The molecule has 0 radical (unpaired) electrons. The molecule has 4 N–H and O–H groups in total. The molecule has 5 nitrogen and oxygen atoms in total.